The van der Waals surface area contributed by atoms with Crippen molar-refractivity contribution < 1.29 is 9.47 Å². The average Bonchev–Trinajstić information content (AvgIpc) is 3.15. The first-order valence-electron chi connectivity index (χ1n) is 8.37. The number of hydrogen-bond donors (Lipinski definition) is 2. The van der Waals surface area contributed by atoms with Gasteiger partial charge in [-0.05, 0) is 53.2 Å². The molecule has 0 aromatic heterocycles. The van der Waals surface area contributed by atoms with E-state index in [9.17, 15) is 0 Å². The van der Waals surface area contributed by atoms with Gasteiger partial charge in [0, 0.05) is 12.2 Å². The van der Waals surface area contributed by atoms with E-state index >= 15 is 0 Å². The third kappa shape index (κ3) is 3.78. The number of fused-ring (bicyclic) bond motifs is 1. The van der Waals surface area contributed by atoms with Crippen molar-refractivity contribution in [2.24, 2.45) is 0 Å². The molecule has 0 saturated carbocycles. The van der Waals surface area contributed by atoms with Gasteiger partial charge in [0.25, 0.3) is 0 Å². The standard InChI is InChI=1S/C21H18N2O2S/c26-21(22-13-15-6-11-19-20(12-15)25-14-24-19)23-18-9-7-17(8-10-18)16-4-2-1-3-5-16/h1-12H,13-14H2,(H2,22,23,26). The fourth-order valence-corrected chi connectivity index (χ4v) is 2.98. The molecule has 0 spiro atoms. The number of rotatable bonds is 4. The normalized spacial score (nSPS) is 11.8. The summed E-state index contributed by atoms with van der Waals surface area (Å²) in [4.78, 5) is 0. The van der Waals surface area contributed by atoms with Crippen LogP contribution in [-0.4, -0.2) is 11.9 Å². The second-order valence-electron chi connectivity index (χ2n) is 5.94. The number of hydrogen-bond acceptors (Lipinski definition) is 3. The fraction of sp³-hybridized carbons (Fsp3) is 0.0952. The third-order valence-corrected chi connectivity index (χ3v) is 4.39. The van der Waals surface area contributed by atoms with Crippen LogP contribution < -0.4 is 20.1 Å². The van der Waals surface area contributed by atoms with Crippen molar-refractivity contribution in [3.05, 3.63) is 78.4 Å². The molecule has 0 radical (unpaired) electrons. The van der Waals surface area contributed by atoms with E-state index in [4.69, 9.17) is 21.7 Å². The predicted molar refractivity (Wildman–Crippen MR) is 108 cm³/mol. The molecule has 3 aromatic carbocycles. The van der Waals surface area contributed by atoms with Gasteiger partial charge in [-0.15, -0.1) is 0 Å². The summed E-state index contributed by atoms with van der Waals surface area (Å²) >= 11 is 5.38. The van der Waals surface area contributed by atoms with Crippen LogP contribution in [-0.2, 0) is 6.54 Å². The smallest absolute Gasteiger partial charge is 0.231 e. The summed E-state index contributed by atoms with van der Waals surface area (Å²) in [6, 6.07) is 24.4. The quantitative estimate of drug-likeness (QED) is 0.666. The maximum atomic E-state index is 5.39. The zero-order valence-electron chi connectivity index (χ0n) is 14.1. The lowest BCUT2D eigenvalue weighted by Crippen LogP contribution is -2.27. The number of ether oxygens (including phenoxy) is 2. The summed E-state index contributed by atoms with van der Waals surface area (Å²) in [6.45, 7) is 0.899. The Labute approximate surface area is 157 Å². The molecule has 1 aliphatic heterocycles. The van der Waals surface area contributed by atoms with Crippen LogP contribution in [0.3, 0.4) is 0 Å². The summed E-state index contributed by atoms with van der Waals surface area (Å²) in [5.41, 5.74) is 4.41. The highest BCUT2D eigenvalue weighted by molar-refractivity contribution is 7.80. The summed E-state index contributed by atoms with van der Waals surface area (Å²) in [7, 11) is 0. The van der Waals surface area contributed by atoms with Gasteiger partial charge >= 0.3 is 0 Å². The highest BCUT2D eigenvalue weighted by Gasteiger charge is 2.13. The molecule has 3 aromatic rings. The van der Waals surface area contributed by atoms with E-state index in [-0.39, 0.29) is 6.79 Å². The first-order chi connectivity index (χ1) is 12.8. The molecule has 0 aliphatic carbocycles. The second kappa shape index (κ2) is 7.45. The molecule has 0 amide bonds. The van der Waals surface area contributed by atoms with Crippen LogP contribution in [0, 0.1) is 0 Å². The Balaban J connectivity index is 1.33. The highest BCUT2D eigenvalue weighted by atomic mass is 32.1. The maximum Gasteiger partial charge on any atom is 0.231 e. The number of nitrogens with one attached hydrogen (secondary N) is 2. The lowest BCUT2D eigenvalue weighted by Gasteiger charge is -2.11. The molecule has 4 nitrogen and oxygen atoms in total. The fourth-order valence-electron chi connectivity index (χ4n) is 2.79. The van der Waals surface area contributed by atoms with Crippen molar-refractivity contribution in [1.29, 1.82) is 0 Å². The van der Waals surface area contributed by atoms with E-state index in [0.717, 1.165) is 22.7 Å². The molecular weight excluding hydrogens is 344 g/mol. The van der Waals surface area contributed by atoms with E-state index in [2.05, 4.69) is 34.9 Å². The Hall–Kier alpha value is -3.05. The minimum Gasteiger partial charge on any atom is -0.454 e. The minimum absolute atomic E-state index is 0.283. The second-order valence-corrected chi connectivity index (χ2v) is 6.35. The molecule has 1 heterocycles. The van der Waals surface area contributed by atoms with Crippen LogP contribution in [0.1, 0.15) is 5.56 Å². The molecule has 0 saturated heterocycles. The summed E-state index contributed by atoms with van der Waals surface area (Å²) in [5.74, 6) is 1.56. The van der Waals surface area contributed by atoms with Gasteiger partial charge in [-0.1, -0.05) is 48.5 Å². The molecule has 0 unspecified atom stereocenters. The van der Waals surface area contributed by atoms with Gasteiger partial charge in [0.05, 0.1) is 0 Å². The van der Waals surface area contributed by atoms with Gasteiger partial charge in [0.15, 0.2) is 16.6 Å². The highest BCUT2D eigenvalue weighted by Crippen LogP contribution is 2.32. The van der Waals surface area contributed by atoms with Gasteiger partial charge in [-0.25, -0.2) is 0 Å². The molecule has 130 valence electrons. The Morgan fingerprint density at radius 2 is 1.58 bits per heavy atom. The molecule has 0 fully saturated rings. The largest absolute Gasteiger partial charge is 0.454 e. The molecule has 26 heavy (non-hydrogen) atoms. The van der Waals surface area contributed by atoms with Crippen molar-refractivity contribution in [2.75, 3.05) is 12.1 Å². The SMILES string of the molecule is S=C(NCc1ccc2c(c1)OCO2)Nc1ccc(-c2ccccc2)cc1. The van der Waals surface area contributed by atoms with Crippen molar-refractivity contribution >= 4 is 23.0 Å². The zero-order chi connectivity index (χ0) is 17.8. The van der Waals surface area contributed by atoms with Crippen molar-refractivity contribution in [1.82, 2.24) is 5.32 Å². The van der Waals surface area contributed by atoms with Crippen LogP contribution in [0.2, 0.25) is 0 Å². The van der Waals surface area contributed by atoms with Crippen molar-refractivity contribution in [2.45, 2.75) is 6.54 Å². The molecule has 4 rings (SSSR count). The van der Waals surface area contributed by atoms with Crippen LogP contribution in [0.4, 0.5) is 5.69 Å². The number of benzene rings is 3. The topological polar surface area (TPSA) is 42.5 Å². The molecule has 1 aliphatic rings. The van der Waals surface area contributed by atoms with Crippen LogP contribution >= 0.6 is 12.2 Å². The monoisotopic (exact) mass is 362 g/mol. The summed E-state index contributed by atoms with van der Waals surface area (Å²) in [6.07, 6.45) is 0. The van der Waals surface area contributed by atoms with Crippen LogP contribution in [0.15, 0.2) is 72.8 Å². The van der Waals surface area contributed by atoms with Crippen LogP contribution in [0.5, 0.6) is 11.5 Å². The minimum atomic E-state index is 0.283. The zero-order valence-corrected chi connectivity index (χ0v) is 14.9. The Morgan fingerprint density at radius 1 is 0.846 bits per heavy atom. The average molecular weight is 362 g/mol. The van der Waals surface area contributed by atoms with Crippen molar-refractivity contribution in [3.8, 4) is 22.6 Å². The van der Waals surface area contributed by atoms with Gasteiger partial charge in [0.2, 0.25) is 6.79 Å². The van der Waals surface area contributed by atoms with E-state index in [1.54, 1.807) is 0 Å². The molecule has 5 heteroatoms. The number of anilines is 1. The van der Waals surface area contributed by atoms with Gasteiger partial charge in [0.1, 0.15) is 0 Å². The van der Waals surface area contributed by atoms with E-state index in [1.165, 1.54) is 11.1 Å². The maximum absolute atomic E-state index is 5.39. The molecule has 0 bridgehead atoms. The van der Waals surface area contributed by atoms with Crippen LogP contribution in [0.25, 0.3) is 11.1 Å². The Kier molecular flexibility index (Phi) is 4.71. The molecular formula is C21H18N2O2S. The lowest BCUT2D eigenvalue weighted by molar-refractivity contribution is 0.174. The third-order valence-electron chi connectivity index (χ3n) is 4.14. The summed E-state index contributed by atoms with van der Waals surface area (Å²) < 4.78 is 10.7. The molecule has 2 N–H and O–H groups in total. The van der Waals surface area contributed by atoms with E-state index in [0.29, 0.717) is 11.7 Å². The number of thiocarbonyl (C=S) groups is 1. The van der Waals surface area contributed by atoms with Crippen molar-refractivity contribution in [3.63, 3.8) is 0 Å². The first kappa shape index (κ1) is 16.4. The van der Waals surface area contributed by atoms with Gasteiger partial charge in [-0.2, -0.15) is 0 Å². The summed E-state index contributed by atoms with van der Waals surface area (Å²) in [5, 5.41) is 7.00. The Bertz CT molecular complexity index is 911. The first-order valence-corrected chi connectivity index (χ1v) is 8.78. The van der Waals surface area contributed by atoms with Gasteiger partial charge in [-0.3, -0.25) is 0 Å². The Morgan fingerprint density at radius 3 is 2.38 bits per heavy atom. The molecule has 0 atom stereocenters. The van der Waals surface area contributed by atoms with E-state index in [1.807, 2.05) is 48.5 Å². The predicted octanol–water partition coefficient (Wildman–Crippen LogP) is 4.57. The van der Waals surface area contributed by atoms with E-state index < -0.39 is 0 Å². The lowest BCUT2D eigenvalue weighted by atomic mass is 10.1. The van der Waals surface area contributed by atoms with Gasteiger partial charge < -0.3 is 20.1 Å².